The number of H-pyrrole nitrogens is 1. The van der Waals surface area contributed by atoms with Gasteiger partial charge < -0.3 is 19.6 Å². The summed E-state index contributed by atoms with van der Waals surface area (Å²) >= 11 is 0. The van der Waals surface area contributed by atoms with Crippen molar-refractivity contribution in [1.82, 2.24) is 20.1 Å². The molecule has 2 aliphatic rings. The maximum atomic E-state index is 12.3. The zero-order valence-electron chi connectivity index (χ0n) is 17.4. The number of hydrogen-bond donors (Lipinski definition) is 2. The lowest BCUT2D eigenvalue weighted by atomic mass is 9.89. The largest absolute Gasteiger partial charge is 0.497 e. The van der Waals surface area contributed by atoms with Crippen LogP contribution in [-0.2, 0) is 9.59 Å². The molecule has 2 aromatic heterocycles. The first-order chi connectivity index (χ1) is 15.1. The number of carbonyl (C=O) groups excluding carboxylic acids is 1. The highest BCUT2D eigenvalue weighted by atomic mass is 16.5. The molecule has 2 N–H and O–H groups in total. The number of pyridine rings is 1. The number of anilines is 1. The summed E-state index contributed by atoms with van der Waals surface area (Å²) in [7, 11) is 1.67. The molecule has 1 amide bonds. The Balaban J connectivity index is 0.000000730. The van der Waals surface area contributed by atoms with Crippen molar-refractivity contribution in [3.8, 4) is 5.75 Å². The van der Waals surface area contributed by atoms with Crippen LogP contribution in [0.25, 0.3) is 10.9 Å². The molecule has 0 bridgehead atoms. The van der Waals surface area contributed by atoms with E-state index in [1.54, 1.807) is 14.0 Å². The number of benzene rings is 1. The van der Waals surface area contributed by atoms with Crippen LogP contribution in [-0.4, -0.2) is 64.3 Å². The van der Waals surface area contributed by atoms with Crippen LogP contribution in [0.2, 0.25) is 0 Å². The van der Waals surface area contributed by atoms with E-state index in [2.05, 4.69) is 32.2 Å². The Labute approximate surface area is 179 Å². The maximum Gasteiger partial charge on any atom is 0.290 e. The minimum Gasteiger partial charge on any atom is -0.497 e. The molecule has 2 aliphatic heterocycles. The van der Waals surface area contributed by atoms with E-state index in [9.17, 15) is 4.79 Å². The molecule has 0 unspecified atom stereocenters. The summed E-state index contributed by atoms with van der Waals surface area (Å²) in [4.78, 5) is 29.7. The van der Waals surface area contributed by atoms with Gasteiger partial charge in [-0.2, -0.15) is 5.10 Å². The number of amides is 1. The summed E-state index contributed by atoms with van der Waals surface area (Å²) in [5.41, 5.74) is 2.17. The molecule has 9 heteroatoms. The first-order valence-electron chi connectivity index (χ1n) is 10.1. The number of aromatic amines is 1. The zero-order chi connectivity index (χ0) is 22.0. The van der Waals surface area contributed by atoms with Gasteiger partial charge >= 0.3 is 0 Å². The number of fused-ring (bicyclic) bond motifs is 2. The van der Waals surface area contributed by atoms with E-state index in [4.69, 9.17) is 14.6 Å². The van der Waals surface area contributed by atoms with Crippen molar-refractivity contribution >= 4 is 29.1 Å². The lowest BCUT2D eigenvalue weighted by molar-refractivity contribution is -0.130. The zero-order valence-corrected chi connectivity index (χ0v) is 17.4. The molecule has 0 aliphatic carbocycles. The second-order valence-corrected chi connectivity index (χ2v) is 7.79. The predicted octanol–water partition coefficient (Wildman–Crippen LogP) is 2.32. The van der Waals surface area contributed by atoms with Crippen LogP contribution in [0, 0.1) is 11.8 Å². The van der Waals surface area contributed by atoms with Gasteiger partial charge in [-0.05, 0) is 23.8 Å². The number of hydrogen-bond acceptors (Lipinski definition) is 6. The van der Waals surface area contributed by atoms with Crippen LogP contribution in [0.1, 0.15) is 18.5 Å². The van der Waals surface area contributed by atoms with E-state index >= 15 is 0 Å². The average molecular weight is 423 g/mol. The molecule has 162 valence electrons. The molecule has 3 atom stereocenters. The molecule has 3 aromatic rings. The summed E-state index contributed by atoms with van der Waals surface area (Å²) in [6.45, 7) is 3.98. The number of aromatic nitrogens is 3. The Kier molecular flexibility index (Phi) is 5.75. The first-order valence-corrected chi connectivity index (χ1v) is 10.1. The van der Waals surface area contributed by atoms with Gasteiger partial charge in [0.15, 0.2) is 0 Å². The third kappa shape index (κ3) is 3.78. The summed E-state index contributed by atoms with van der Waals surface area (Å²) in [5.74, 6) is 2.75. The number of carbonyl (C=O) groups is 2. The molecule has 5 rings (SSSR count). The fraction of sp³-hybridized carbons (Fsp3) is 0.364. The monoisotopic (exact) mass is 423 g/mol. The van der Waals surface area contributed by atoms with Crippen LogP contribution in [0.4, 0.5) is 5.82 Å². The lowest BCUT2D eigenvalue weighted by Gasteiger charge is -2.29. The number of nitrogens with zero attached hydrogens (tertiary/aromatic N) is 4. The third-order valence-corrected chi connectivity index (χ3v) is 6.17. The van der Waals surface area contributed by atoms with E-state index in [1.165, 1.54) is 5.56 Å². The number of ether oxygens (including phenoxy) is 1. The van der Waals surface area contributed by atoms with Crippen molar-refractivity contribution in [2.24, 2.45) is 11.8 Å². The molecule has 2 saturated heterocycles. The van der Waals surface area contributed by atoms with Crippen molar-refractivity contribution in [2.45, 2.75) is 13.0 Å². The van der Waals surface area contributed by atoms with E-state index in [0.29, 0.717) is 11.8 Å². The maximum absolute atomic E-state index is 12.3. The van der Waals surface area contributed by atoms with Crippen LogP contribution >= 0.6 is 0 Å². The van der Waals surface area contributed by atoms with Crippen LogP contribution in [0.3, 0.4) is 0 Å². The molecule has 31 heavy (non-hydrogen) atoms. The molecule has 0 radical (unpaired) electrons. The molecular weight excluding hydrogens is 398 g/mol. The van der Waals surface area contributed by atoms with Gasteiger partial charge in [0.25, 0.3) is 6.47 Å². The van der Waals surface area contributed by atoms with Gasteiger partial charge in [0.2, 0.25) is 5.91 Å². The second-order valence-electron chi connectivity index (χ2n) is 7.79. The van der Waals surface area contributed by atoms with Gasteiger partial charge in [-0.25, -0.2) is 4.98 Å². The quantitative estimate of drug-likeness (QED) is 0.622. The van der Waals surface area contributed by atoms with Gasteiger partial charge in [0.1, 0.15) is 11.6 Å². The van der Waals surface area contributed by atoms with E-state index in [0.717, 1.165) is 42.1 Å². The number of methoxy groups -OCH3 is 1. The van der Waals surface area contributed by atoms with Crippen molar-refractivity contribution in [1.29, 1.82) is 0 Å². The second kappa shape index (κ2) is 8.63. The minimum atomic E-state index is -0.250. The Bertz CT molecular complexity index is 1070. The summed E-state index contributed by atoms with van der Waals surface area (Å²) in [6.07, 6.45) is 3.67. The van der Waals surface area contributed by atoms with Crippen LogP contribution in [0.5, 0.6) is 5.75 Å². The standard InChI is InChI=1S/C21H23N5O2.CH2O2/c1-13(27)26-11-15-10-25(21-17-9-23-24-19(17)7-8-22-21)12-18(15)20(26)14-3-5-16(28-2)6-4-14;2-1-3/h3-9,15,18,20H,10-12H2,1-2H3,(H,23,24);1H,(H,2,3)/t15-,18-,20+;/m1./s1. The number of nitrogens with one attached hydrogen (secondary N) is 1. The van der Waals surface area contributed by atoms with Crippen LogP contribution < -0.4 is 9.64 Å². The molecule has 0 spiro atoms. The smallest absolute Gasteiger partial charge is 0.290 e. The van der Waals surface area contributed by atoms with Crippen molar-refractivity contribution in [3.63, 3.8) is 0 Å². The molecule has 9 nitrogen and oxygen atoms in total. The highest BCUT2D eigenvalue weighted by Gasteiger charge is 2.48. The van der Waals surface area contributed by atoms with Gasteiger partial charge in [0.05, 0.1) is 30.3 Å². The first kappa shape index (κ1) is 20.6. The molecule has 0 saturated carbocycles. The topological polar surface area (TPSA) is 112 Å². The van der Waals surface area contributed by atoms with Crippen molar-refractivity contribution in [2.75, 3.05) is 31.6 Å². The molecular formula is C22H25N5O4. The minimum absolute atomic E-state index is 0.0851. The predicted molar refractivity (Wildman–Crippen MR) is 115 cm³/mol. The summed E-state index contributed by atoms with van der Waals surface area (Å²) in [5, 5.41) is 15.1. The van der Waals surface area contributed by atoms with E-state index < -0.39 is 0 Å². The van der Waals surface area contributed by atoms with Crippen molar-refractivity contribution in [3.05, 3.63) is 48.3 Å². The van der Waals surface area contributed by atoms with Gasteiger partial charge in [-0.3, -0.25) is 14.7 Å². The number of likely N-dealkylation sites (tertiary alicyclic amines) is 1. The molecule has 1 aromatic carbocycles. The SMILES string of the molecule is COc1ccc([C@H]2[C@@H]3CN(c4nccc5[nH]ncc45)C[C@@H]3CN2C(C)=O)cc1.O=CO. The Morgan fingerprint density at radius 3 is 2.65 bits per heavy atom. The highest BCUT2D eigenvalue weighted by molar-refractivity contribution is 5.89. The normalized spacial score (nSPS) is 22.1. The Hall–Kier alpha value is -3.62. The number of carboxylic acid groups (broad SMARTS) is 1. The Morgan fingerprint density at radius 2 is 1.97 bits per heavy atom. The summed E-state index contributed by atoms with van der Waals surface area (Å²) < 4.78 is 5.29. The fourth-order valence-corrected chi connectivity index (χ4v) is 4.88. The van der Waals surface area contributed by atoms with E-state index in [1.807, 2.05) is 35.5 Å². The Morgan fingerprint density at radius 1 is 1.23 bits per heavy atom. The number of rotatable bonds is 3. The van der Waals surface area contributed by atoms with Crippen molar-refractivity contribution < 1.29 is 19.4 Å². The summed E-state index contributed by atoms with van der Waals surface area (Å²) in [6, 6.07) is 10.1. The molecule has 4 heterocycles. The lowest BCUT2D eigenvalue weighted by Crippen LogP contribution is -2.34. The highest BCUT2D eigenvalue weighted by Crippen LogP contribution is 2.46. The van der Waals surface area contributed by atoms with Gasteiger partial charge in [0, 0.05) is 44.6 Å². The third-order valence-electron chi connectivity index (χ3n) is 6.17. The van der Waals surface area contributed by atoms with Crippen LogP contribution in [0.15, 0.2) is 42.7 Å². The van der Waals surface area contributed by atoms with E-state index in [-0.39, 0.29) is 18.4 Å². The van der Waals surface area contributed by atoms with Gasteiger partial charge in [-0.1, -0.05) is 12.1 Å². The molecule has 2 fully saturated rings. The average Bonchev–Trinajstić information content (AvgIpc) is 3.48. The van der Waals surface area contributed by atoms with Gasteiger partial charge in [-0.15, -0.1) is 0 Å². The fourth-order valence-electron chi connectivity index (χ4n) is 4.88.